The van der Waals surface area contributed by atoms with Gasteiger partial charge < -0.3 is 14.4 Å². The number of nitrogens with one attached hydrogen (secondary N) is 1. The Hall–Kier alpha value is -2.86. The van der Waals surface area contributed by atoms with E-state index in [0.717, 1.165) is 0 Å². The number of benzene rings is 1. The second-order valence-corrected chi connectivity index (χ2v) is 7.08. The minimum Gasteiger partial charge on any atom is -0.433 e. The van der Waals surface area contributed by atoms with Crippen LogP contribution >= 0.6 is 11.6 Å². The van der Waals surface area contributed by atoms with E-state index in [1.165, 1.54) is 28.8 Å². The van der Waals surface area contributed by atoms with Crippen molar-refractivity contribution in [3.63, 3.8) is 0 Å². The number of hydrogen-bond acceptors (Lipinski definition) is 7. The van der Waals surface area contributed by atoms with E-state index in [-0.39, 0.29) is 46.3 Å². The molecule has 0 radical (unpaired) electrons. The van der Waals surface area contributed by atoms with Gasteiger partial charge in [0.25, 0.3) is 5.91 Å². The monoisotopic (exact) mass is 458 g/mol. The first-order valence-corrected chi connectivity index (χ1v) is 9.91. The number of halogens is 3. The normalized spacial score (nSPS) is 14.5. The topological polar surface area (TPSA) is 111 Å². The number of carbonyl (C=O) groups is 2. The van der Waals surface area contributed by atoms with Gasteiger partial charge >= 0.3 is 6.61 Å². The molecule has 1 aromatic heterocycles. The van der Waals surface area contributed by atoms with Crippen LogP contribution in [0.25, 0.3) is 0 Å². The summed E-state index contributed by atoms with van der Waals surface area (Å²) in [7, 11) is 1.52. The summed E-state index contributed by atoms with van der Waals surface area (Å²) in [5, 5.41) is 13.0. The number of tetrazole rings is 1. The van der Waals surface area contributed by atoms with Crippen LogP contribution in [0, 0.1) is 5.92 Å². The highest BCUT2D eigenvalue weighted by Gasteiger charge is 2.31. The fourth-order valence-electron chi connectivity index (χ4n) is 3.26. The number of rotatable bonds is 7. The van der Waals surface area contributed by atoms with Crippen LogP contribution in [0.1, 0.15) is 30.1 Å². The van der Waals surface area contributed by atoms with Gasteiger partial charge in [-0.05, 0) is 42.3 Å². The Morgan fingerprint density at radius 2 is 2.10 bits per heavy atom. The minimum absolute atomic E-state index is 0.0560. The van der Waals surface area contributed by atoms with Crippen LogP contribution in [-0.4, -0.2) is 58.4 Å². The van der Waals surface area contributed by atoms with Crippen molar-refractivity contribution in [3.8, 4) is 5.75 Å². The molecule has 2 amide bonds. The lowest BCUT2D eigenvalue weighted by Crippen LogP contribution is -2.39. The molecule has 10 nitrogen and oxygen atoms in total. The first-order chi connectivity index (χ1) is 14.8. The van der Waals surface area contributed by atoms with Gasteiger partial charge in [0.1, 0.15) is 5.69 Å². The Morgan fingerprint density at radius 3 is 2.68 bits per heavy atom. The Balaban J connectivity index is 2.00. The molecule has 2 heterocycles. The molecule has 1 aliphatic heterocycles. The Labute approximate surface area is 181 Å². The van der Waals surface area contributed by atoms with E-state index in [0.29, 0.717) is 26.1 Å². The van der Waals surface area contributed by atoms with E-state index in [4.69, 9.17) is 16.3 Å². The fourth-order valence-corrected chi connectivity index (χ4v) is 3.60. The molecule has 1 saturated heterocycles. The maximum absolute atomic E-state index is 13.1. The van der Waals surface area contributed by atoms with Gasteiger partial charge in [-0.15, -0.1) is 0 Å². The first kappa shape index (κ1) is 22.8. The molecule has 1 aromatic carbocycles. The number of hydrogen-bond donors (Lipinski definition) is 1. The number of alkyl halides is 2. The van der Waals surface area contributed by atoms with Crippen molar-refractivity contribution in [2.24, 2.45) is 13.0 Å². The Kier molecular flexibility index (Phi) is 7.33. The molecule has 0 aliphatic carbocycles. The summed E-state index contributed by atoms with van der Waals surface area (Å²) in [6, 6.07) is 2.41. The molecule has 0 bridgehead atoms. The van der Waals surface area contributed by atoms with Gasteiger partial charge in [0.2, 0.25) is 11.9 Å². The number of nitrogens with zero attached hydrogens (tertiary/aromatic N) is 5. The highest BCUT2D eigenvalue weighted by atomic mass is 35.5. The summed E-state index contributed by atoms with van der Waals surface area (Å²) in [6.45, 7) is -0.478. The minimum atomic E-state index is -3.14. The molecule has 31 heavy (non-hydrogen) atoms. The number of aromatic nitrogens is 4. The van der Waals surface area contributed by atoms with E-state index in [2.05, 4.69) is 25.6 Å². The van der Waals surface area contributed by atoms with Crippen LogP contribution < -0.4 is 15.0 Å². The fraction of sp³-hybridized carbons (Fsp3) is 0.500. The molecule has 0 atom stereocenters. The van der Waals surface area contributed by atoms with E-state index in [9.17, 15) is 18.4 Å². The smallest absolute Gasteiger partial charge is 0.387 e. The quantitative estimate of drug-likeness (QED) is 0.678. The van der Waals surface area contributed by atoms with Crippen molar-refractivity contribution in [3.05, 3.63) is 22.7 Å². The van der Waals surface area contributed by atoms with Crippen LogP contribution in [0.4, 0.5) is 20.4 Å². The van der Waals surface area contributed by atoms with Crippen LogP contribution in [0.2, 0.25) is 5.02 Å². The summed E-state index contributed by atoms with van der Waals surface area (Å²) in [6.07, 6.45) is 0.995. The zero-order chi connectivity index (χ0) is 22.5. The van der Waals surface area contributed by atoms with E-state index >= 15 is 0 Å². The second kappa shape index (κ2) is 9.96. The summed E-state index contributed by atoms with van der Waals surface area (Å²) in [4.78, 5) is 27.1. The van der Waals surface area contributed by atoms with E-state index in [1.807, 2.05) is 0 Å². The SMILES string of the molecule is CCN(C(=O)C1CCOCC1)c1c(OC(F)F)ccc(C(=O)Nc2nnnn2C)c1Cl. The second-order valence-electron chi connectivity index (χ2n) is 6.70. The molecule has 0 saturated carbocycles. The predicted octanol–water partition coefficient (Wildman–Crippen LogP) is 2.50. The van der Waals surface area contributed by atoms with Gasteiger partial charge in [0, 0.05) is 32.7 Å². The first-order valence-electron chi connectivity index (χ1n) is 9.53. The molecule has 168 valence electrons. The summed E-state index contributed by atoms with van der Waals surface area (Å²) in [5.41, 5.74) is -0.149. The van der Waals surface area contributed by atoms with Crippen molar-refractivity contribution in [1.82, 2.24) is 20.2 Å². The largest absolute Gasteiger partial charge is 0.433 e. The van der Waals surface area contributed by atoms with Crippen molar-refractivity contribution in [2.45, 2.75) is 26.4 Å². The molecule has 0 spiro atoms. The number of carbonyl (C=O) groups excluding carboxylic acids is 2. The number of aryl methyl sites for hydroxylation is 1. The van der Waals surface area contributed by atoms with Crippen LogP contribution in [0.3, 0.4) is 0 Å². The summed E-state index contributed by atoms with van der Waals surface area (Å²) < 4.78 is 37.2. The molecule has 1 aliphatic rings. The standard InChI is InChI=1S/C18H21ClF2N6O4/c1-3-27(16(29)10-6-8-30-9-7-10)14-12(31-17(20)21)5-4-11(13(14)19)15(28)22-18-23-24-25-26(18)2/h4-5,10,17H,3,6-9H2,1-2H3,(H,22,23,25,28). The third-order valence-corrected chi connectivity index (χ3v) is 5.19. The highest BCUT2D eigenvalue weighted by molar-refractivity contribution is 6.38. The Bertz CT molecular complexity index is 951. The van der Waals surface area contributed by atoms with Crippen molar-refractivity contribution < 1.29 is 27.8 Å². The number of ether oxygens (including phenoxy) is 2. The van der Waals surface area contributed by atoms with Crippen LogP contribution in [-0.2, 0) is 16.6 Å². The van der Waals surface area contributed by atoms with Crippen molar-refractivity contribution >= 4 is 35.1 Å². The zero-order valence-electron chi connectivity index (χ0n) is 16.8. The molecule has 0 unspecified atom stereocenters. The molecule has 1 N–H and O–H groups in total. The summed E-state index contributed by atoms with van der Waals surface area (Å²) >= 11 is 6.47. The lowest BCUT2D eigenvalue weighted by atomic mass is 9.98. The van der Waals surface area contributed by atoms with Crippen molar-refractivity contribution in [2.75, 3.05) is 30.0 Å². The molecule has 1 fully saturated rings. The van der Waals surface area contributed by atoms with Crippen molar-refractivity contribution in [1.29, 1.82) is 0 Å². The molecule has 13 heteroatoms. The molecule has 3 rings (SSSR count). The van der Waals surface area contributed by atoms with Crippen LogP contribution in [0.5, 0.6) is 5.75 Å². The summed E-state index contributed by atoms with van der Waals surface area (Å²) in [5.74, 6) is -1.59. The predicted molar refractivity (Wildman–Crippen MR) is 106 cm³/mol. The van der Waals surface area contributed by atoms with Gasteiger partial charge in [-0.25, -0.2) is 4.68 Å². The van der Waals surface area contributed by atoms with Gasteiger partial charge in [-0.2, -0.15) is 8.78 Å². The highest BCUT2D eigenvalue weighted by Crippen LogP contribution is 2.40. The average molecular weight is 459 g/mol. The molecule has 2 aromatic rings. The maximum atomic E-state index is 13.1. The van der Waals surface area contributed by atoms with Gasteiger partial charge in [-0.3, -0.25) is 14.9 Å². The average Bonchev–Trinajstić information content (AvgIpc) is 3.15. The van der Waals surface area contributed by atoms with Crippen LogP contribution in [0.15, 0.2) is 12.1 Å². The Morgan fingerprint density at radius 1 is 1.39 bits per heavy atom. The third kappa shape index (κ3) is 5.07. The van der Waals surface area contributed by atoms with Gasteiger partial charge in [-0.1, -0.05) is 16.7 Å². The van der Waals surface area contributed by atoms with Gasteiger partial charge in [0.05, 0.1) is 10.6 Å². The van der Waals surface area contributed by atoms with E-state index in [1.54, 1.807) is 6.92 Å². The van der Waals surface area contributed by atoms with Gasteiger partial charge in [0.15, 0.2) is 5.75 Å². The zero-order valence-corrected chi connectivity index (χ0v) is 17.6. The third-order valence-electron chi connectivity index (χ3n) is 4.81. The van der Waals surface area contributed by atoms with E-state index < -0.39 is 12.5 Å². The number of amides is 2. The lowest BCUT2D eigenvalue weighted by Gasteiger charge is -2.30. The molecular formula is C18H21ClF2N6O4. The molecular weight excluding hydrogens is 438 g/mol. The lowest BCUT2D eigenvalue weighted by molar-refractivity contribution is -0.125. The number of anilines is 2. The maximum Gasteiger partial charge on any atom is 0.387 e.